The molecule has 1 fully saturated rings. The van der Waals surface area contributed by atoms with Gasteiger partial charge in [-0.25, -0.2) is 9.97 Å². The SMILES string of the molecule is ClCCc1nc2cc(Br)cnc2n1CCN1CCCC1. The first-order valence-corrected chi connectivity index (χ1v) is 8.39. The van der Waals surface area contributed by atoms with E-state index in [4.69, 9.17) is 11.6 Å². The lowest BCUT2D eigenvalue weighted by Crippen LogP contribution is -2.24. The van der Waals surface area contributed by atoms with Gasteiger partial charge in [-0.3, -0.25) is 0 Å². The molecule has 1 aliphatic heterocycles. The summed E-state index contributed by atoms with van der Waals surface area (Å²) in [6.45, 7) is 4.45. The Morgan fingerprint density at radius 3 is 2.80 bits per heavy atom. The Morgan fingerprint density at radius 1 is 1.25 bits per heavy atom. The van der Waals surface area contributed by atoms with Crippen molar-refractivity contribution in [3.05, 3.63) is 22.6 Å². The Kier molecular flexibility index (Phi) is 4.58. The van der Waals surface area contributed by atoms with Crippen LogP contribution in [0.15, 0.2) is 16.7 Å². The second-order valence-electron chi connectivity index (χ2n) is 5.16. The van der Waals surface area contributed by atoms with Crippen LogP contribution in [0, 0.1) is 0 Å². The molecule has 0 bridgehead atoms. The van der Waals surface area contributed by atoms with Crippen LogP contribution in [0.25, 0.3) is 11.2 Å². The Hall–Kier alpha value is -0.650. The van der Waals surface area contributed by atoms with Crippen LogP contribution in [0.3, 0.4) is 0 Å². The molecule has 3 rings (SSSR count). The zero-order chi connectivity index (χ0) is 13.9. The number of rotatable bonds is 5. The largest absolute Gasteiger partial charge is 0.311 e. The van der Waals surface area contributed by atoms with Crippen molar-refractivity contribution < 1.29 is 0 Å². The highest BCUT2D eigenvalue weighted by molar-refractivity contribution is 9.10. The van der Waals surface area contributed by atoms with Crippen LogP contribution in [0.1, 0.15) is 18.7 Å². The molecular formula is C14H18BrClN4. The number of pyridine rings is 1. The van der Waals surface area contributed by atoms with E-state index >= 15 is 0 Å². The third-order valence-corrected chi connectivity index (χ3v) is 4.41. The fourth-order valence-electron chi connectivity index (χ4n) is 2.79. The molecule has 108 valence electrons. The number of halogens is 2. The van der Waals surface area contributed by atoms with Gasteiger partial charge in [-0.15, -0.1) is 11.6 Å². The number of imidazole rings is 1. The minimum atomic E-state index is 0.591. The van der Waals surface area contributed by atoms with Gasteiger partial charge in [0.1, 0.15) is 11.3 Å². The van der Waals surface area contributed by atoms with Gasteiger partial charge in [0.25, 0.3) is 0 Å². The zero-order valence-electron chi connectivity index (χ0n) is 11.4. The predicted molar refractivity (Wildman–Crippen MR) is 85.3 cm³/mol. The summed E-state index contributed by atoms with van der Waals surface area (Å²) < 4.78 is 3.19. The Labute approximate surface area is 132 Å². The molecule has 0 aliphatic carbocycles. The second kappa shape index (κ2) is 6.41. The highest BCUT2D eigenvalue weighted by atomic mass is 79.9. The molecule has 1 saturated heterocycles. The van der Waals surface area contributed by atoms with Crippen LogP contribution in [-0.2, 0) is 13.0 Å². The standard InChI is InChI=1S/C14H18BrClN4/c15-11-9-12-14(17-10-11)20(13(18-12)3-4-16)8-7-19-5-1-2-6-19/h9-10H,1-8H2. The summed E-state index contributed by atoms with van der Waals surface area (Å²) in [5.41, 5.74) is 1.91. The molecular weight excluding hydrogens is 340 g/mol. The summed E-state index contributed by atoms with van der Waals surface area (Å²) in [4.78, 5) is 11.7. The molecule has 0 unspecified atom stereocenters. The zero-order valence-corrected chi connectivity index (χ0v) is 13.7. The predicted octanol–water partition coefficient (Wildman–Crippen LogP) is 3.07. The first-order chi connectivity index (χ1) is 9.78. The summed E-state index contributed by atoms with van der Waals surface area (Å²) in [5.74, 6) is 1.63. The van der Waals surface area contributed by atoms with Gasteiger partial charge < -0.3 is 9.47 Å². The summed E-state index contributed by atoms with van der Waals surface area (Å²) in [6.07, 6.45) is 5.27. The molecule has 0 amide bonds. The van der Waals surface area contributed by atoms with E-state index in [0.29, 0.717) is 5.88 Å². The van der Waals surface area contributed by atoms with E-state index < -0.39 is 0 Å². The van der Waals surface area contributed by atoms with E-state index in [2.05, 4.69) is 35.4 Å². The number of hydrogen-bond acceptors (Lipinski definition) is 3. The lowest BCUT2D eigenvalue weighted by Gasteiger charge is -2.16. The Bertz CT molecular complexity index is 592. The van der Waals surface area contributed by atoms with Crippen molar-refractivity contribution in [2.45, 2.75) is 25.8 Å². The molecule has 0 N–H and O–H groups in total. The number of likely N-dealkylation sites (tertiary alicyclic amines) is 1. The molecule has 20 heavy (non-hydrogen) atoms. The number of aromatic nitrogens is 3. The van der Waals surface area contributed by atoms with E-state index in [9.17, 15) is 0 Å². The maximum absolute atomic E-state index is 5.90. The molecule has 0 atom stereocenters. The van der Waals surface area contributed by atoms with Crippen molar-refractivity contribution in [3.63, 3.8) is 0 Å². The summed E-state index contributed by atoms with van der Waals surface area (Å²) >= 11 is 9.35. The van der Waals surface area contributed by atoms with Crippen molar-refractivity contribution in [3.8, 4) is 0 Å². The van der Waals surface area contributed by atoms with Gasteiger partial charge in [-0.05, 0) is 47.9 Å². The third-order valence-electron chi connectivity index (χ3n) is 3.79. The van der Waals surface area contributed by atoms with Crippen molar-refractivity contribution >= 4 is 38.7 Å². The Morgan fingerprint density at radius 2 is 2.05 bits per heavy atom. The fourth-order valence-corrected chi connectivity index (χ4v) is 3.28. The molecule has 0 aromatic carbocycles. The van der Waals surface area contributed by atoms with Gasteiger partial charge in [0.2, 0.25) is 0 Å². The number of aryl methyl sites for hydroxylation is 1. The average Bonchev–Trinajstić information content (AvgIpc) is 3.04. The highest BCUT2D eigenvalue weighted by Crippen LogP contribution is 2.19. The van der Waals surface area contributed by atoms with E-state index in [0.717, 1.165) is 41.0 Å². The minimum Gasteiger partial charge on any atom is -0.311 e. The van der Waals surface area contributed by atoms with Gasteiger partial charge in [-0.2, -0.15) is 0 Å². The molecule has 1 aliphatic rings. The van der Waals surface area contributed by atoms with Gasteiger partial charge in [-0.1, -0.05) is 0 Å². The van der Waals surface area contributed by atoms with Crippen molar-refractivity contribution in [1.29, 1.82) is 0 Å². The molecule has 0 radical (unpaired) electrons. The van der Waals surface area contributed by atoms with E-state index in [1.54, 1.807) is 0 Å². The molecule has 3 heterocycles. The quantitative estimate of drug-likeness (QED) is 0.771. The average molecular weight is 358 g/mol. The van der Waals surface area contributed by atoms with Crippen LogP contribution < -0.4 is 0 Å². The maximum Gasteiger partial charge on any atom is 0.160 e. The molecule has 2 aromatic rings. The molecule has 0 saturated carbocycles. The van der Waals surface area contributed by atoms with Crippen molar-refractivity contribution in [2.24, 2.45) is 0 Å². The van der Waals surface area contributed by atoms with Gasteiger partial charge in [0, 0.05) is 36.1 Å². The molecule has 2 aromatic heterocycles. The summed E-state index contributed by atoms with van der Waals surface area (Å²) in [6, 6.07) is 2.02. The second-order valence-corrected chi connectivity index (χ2v) is 6.46. The molecule has 6 heteroatoms. The van der Waals surface area contributed by atoms with Crippen molar-refractivity contribution in [2.75, 3.05) is 25.5 Å². The fraction of sp³-hybridized carbons (Fsp3) is 0.571. The normalized spacial score (nSPS) is 16.3. The highest BCUT2D eigenvalue weighted by Gasteiger charge is 2.15. The molecule has 0 spiro atoms. The van der Waals surface area contributed by atoms with E-state index in [-0.39, 0.29) is 0 Å². The Balaban J connectivity index is 1.87. The first-order valence-electron chi connectivity index (χ1n) is 7.07. The smallest absolute Gasteiger partial charge is 0.160 e. The number of alkyl halides is 1. The third kappa shape index (κ3) is 3.00. The van der Waals surface area contributed by atoms with Gasteiger partial charge >= 0.3 is 0 Å². The first kappa shape index (κ1) is 14.3. The van der Waals surface area contributed by atoms with Gasteiger partial charge in [0.05, 0.1) is 0 Å². The van der Waals surface area contributed by atoms with Crippen LogP contribution in [0.2, 0.25) is 0 Å². The lowest BCUT2D eigenvalue weighted by atomic mass is 10.4. The van der Waals surface area contributed by atoms with E-state index in [1.165, 1.54) is 25.9 Å². The maximum atomic E-state index is 5.90. The van der Waals surface area contributed by atoms with Crippen LogP contribution in [0.4, 0.5) is 0 Å². The lowest BCUT2D eigenvalue weighted by molar-refractivity contribution is 0.322. The number of nitrogens with zero attached hydrogens (tertiary/aromatic N) is 4. The van der Waals surface area contributed by atoms with Crippen LogP contribution >= 0.6 is 27.5 Å². The minimum absolute atomic E-state index is 0.591. The summed E-state index contributed by atoms with van der Waals surface area (Å²) in [7, 11) is 0. The number of hydrogen-bond donors (Lipinski definition) is 0. The topological polar surface area (TPSA) is 34.0 Å². The summed E-state index contributed by atoms with van der Waals surface area (Å²) in [5, 5.41) is 0. The monoisotopic (exact) mass is 356 g/mol. The molecule has 4 nitrogen and oxygen atoms in total. The number of fused-ring (bicyclic) bond motifs is 1. The van der Waals surface area contributed by atoms with Crippen LogP contribution in [0.5, 0.6) is 0 Å². The van der Waals surface area contributed by atoms with Gasteiger partial charge in [0.15, 0.2) is 5.65 Å². The van der Waals surface area contributed by atoms with Crippen LogP contribution in [-0.4, -0.2) is 44.9 Å². The van der Waals surface area contributed by atoms with E-state index in [1.807, 2.05) is 12.3 Å². The van der Waals surface area contributed by atoms with Crippen molar-refractivity contribution in [1.82, 2.24) is 19.4 Å².